The first kappa shape index (κ1) is 13.9. The van der Waals surface area contributed by atoms with Gasteiger partial charge in [0.1, 0.15) is 17.9 Å². The fourth-order valence-corrected chi connectivity index (χ4v) is 1.85. The molecule has 0 unspecified atom stereocenters. The topological polar surface area (TPSA) is 48.4 Å². The molecule has 1 heterocycles. The van der Waals surface area contributed by atoms with Gasteiger partial charge in [-0.05, 0) is 24.3 Å². The molecule has 0 saturated heterocycles. The summed E-state index contributed by atoms with van der Waals surface area (Å²) in [6, 6.07) is 6.99. The number of pyridine rings is 1. The highest BCUT2D eigenvalue weighted by molar-refractivity contribution is 6.35. The minimum Gasteiger partial charge on any atom is -0.480 e. The number of benzene rings is 1. The van der Waals surface area contributed by atoms with Crippen molar-refractivity contribution in [3.05, 3.63) is 35.5 Å². The van der Waals surface area contributed by atoms with Crippen LogP contribution >= 0.6 is 23.2 Å². The summed E-state index contributed by atoms with van der Waals surface area (Å²) in [5.41, 5.74) is 0.611. The van der Waals surface area contributed by atoms with Gasteiger partial charge in [-0.25, -0.2) is 4.79 Å². The number of nitrogens with zero attached hydrogens (tertiary/aromatic N) is 1. The number of esters is 1. The monoisotopic (exact) mass is 299 g/mol. The van der Waals surface area contributed by atoms with Gasteiger partial charge in [0, 0.05) is 11.6 Å². The van der Waals surface area contributed by atoms with Crippen molar-refractivity contribution >= 4 is 40.1 Å². The summed E-state index contributed by atoms with van der Waals surface area (Å²) >= 11 is 11.5. The minimum atomic E-state index is -0.473. The van der Waals surface area contributed by atoms with Crippen LogP contribution in [0.25, 0.3) is 10.9 Å². The predicted octanol–water partition coefficient (Wildman–Crippen LogP) is 3.05. The summed E-state index contributed by atoms with van der Waals surface area (Å²) in [7, 11) is 0. The van der Waals surface area contributed by atoms with E-state index in [0.29, 0.717) is 16.3 Å². The van der Waals surface area contributed by atoms with Gasteiger partial charge in [0.05, 0.1) is 10.9 Å². The molecule has 0 aliphatic heterocycles. The first-order valence-electron chi connectivity index (χ1n) is 5.60. The minimum absolute atomic E-state index is 0.170. The first-order valence-corrected chi connectivity index (χ1v) is 6.51. The smallest absolute Gasteiger partial charge is 0.344 e. The van der Waals surface area contributed by atoms with Crippen LogP contribution in [-0.2, 0) is 9.53 Å². The number of ether oxygens (including phenoxy) is 2. The number of rotatable bonds is 5. The van der Waals surface area contributed by atoms with E-state index in [0.717, 1.165) is 5.39 Å². The van der Waals surface area contributed by atoms with Gasteiger partial charge in [-0.15, -0.1) is 11.6 Å². The predicted molar refractivity (Wildman–Crippen MR) is 73.9 cm³/mol. The van der Waals surface area contributed by atoms with E-state index in [2.05, 4.69) is 4.98 Å². The van der Waals surface area contributed by atoms with Crippen molar-refractivity contribution in [2.45, 2.75) is 0 Å². The van der Waals surface area contributed by atoms with Gasteiger partial charge < -0.3 is 9.47 Å². The molecule has 0 fully saturated rings. The second-order valence-corrected chi connectivity index (χ2v) is 4.43. The number of hydrogen-bond donors (Lipinski definition) is 0. The molecule has 19 heavy (non-hydrogen) atoms. The van der Waals surface area contributed by atoms with E-state index in [1.165, 1.54) is 0 Å². The zero-order chi connectivity index (χ0) is 13.7. The van der Waals surface area contributed by atoms with Gasteiger partial charge in [-0.3, -0.25) is 4.98 Å². The van der Waals surface area contributed by atoms with Gasteiger partial charge in [-0.2, -0.15) is 0 Å². The van der Waals surface area contributed by atoms with E-state index in [4.69, 9.17) is 32.7 Å². The molecule has 100 valence electrons. The zero-order valence-electron chi connectivity index (χ0n) is 9.94. The van der Waals surface area contributed by atoms with Crippen LogP contribution < -0.4 is 4.74 Å². The highest BCUT2D eigenvalue weighted by atomic mass is 35.5. The van der Waals surface area contributed by atoms with E-state index >= 15 is 0 Å². The Morgan fingerprint density at radius 3 is 2.95 bits per heavy atom. The van der Waals surface area contributed by atoms with Crippen molar-refractivity contribution in [2.75, 3.05) is 19.1 Å². The normalized spacial score (nSPS) is 10.4. The molecule has 6 heteroatoms. The average Bonchev–Trinajstić information content (AvgIpc) is 2.45. The van der Waals surface area contributed by atoms with E-state index in [9.17, 15) is 4.79 Å². The lowest BCUT2D eigenvalue weighted by Crippen LogP contribution is -2.16. The molecule has 0 amide bonds. The van der Waals surface area contributed by atoms with Crippen molar-refractivity contribution in [1.29, 1.82) is 0 Å². The molecular weight excluding hydrogens is 289 g/mol. The maximum absolute atomic E-state index is 11.3. The maximum Gasteiger partial charge on any atom is 0.344 e. The quantitative estimate of drug-likeness (QED) is 0.629. The Bertz CT molecular complexity index is 589. The largest absolute Gasteiger partial charge is 0.480 e. The number of hydrogen-bond acceptors (Lipinski definition) is 4. The highest BCUT2D eigenvalue weighted by Crippen LogP contribution is 2.29. The molecule has 0 radical (unpaired) electrons. The van der Waals surface area contributed by atoms with Gasteiger partial charge in [0.15, 0.2) is 6.61 Å². The summed E-state index contributed by atoms with van der Waals surface area (Å²) in [6.45, 7) is -0.0203. The lowest BCUT2D eigenvalue weighted by molar-refractivity contribution is -0.145. The van der Waals surface area contributed by atoms with E-state index in [1.807, 2.05) is 6.07 Å². The van der Waals surface area contributed by atoms with Gasteiger partial charge in [0.25, 0.3) is 0 Å². The van der Waals surface area contributed by atoms with Crippen LogP contribution in [-0.4, -0.2) is 30.0 Å². The molecule has 0 spiro atoms. The van der Waals surface area contributed by atoms with E-state index in [-0.39, 0.29) is 19.1 Å². The second kappa shape index (κ2) is 6.59. The summed E-state index contributed by atoms with van der Waals surface area (Å²) in [5.74, 6) is 0.277. The van der Waals surface area contributed by atoms with Crippen LogP contribution in [0.15, 0.2) is 30.5 Å². The van der Waals surface area contributed by atoms with Crippen LogP contribution in [0.3, 0.4) is 0 Å². The number of aromatic nitrogens is 1. The van der Waals surface area contributed by atoms with Crippen LogP contribution in [0.1, 0.15) is 0 Å². The third kappa shape index (κ3) is 3.49. The van der Waals surface area contributed by atoms with Crippen LogP contribution in [0.2, 0.25) is 5.02 Å². The number of carbonyl (C=O) groups excluding carboxylic acids is 1. The van der Waals surface area contributed by atoms with Gasteiger partial charge in [0.2, 0.25) is 0 Å². The molecule has 0 saturated carbocycles. The molecule has 0 bridgehead atoms. The van der Waals surface area contributed by atoms with E-state index in [1.54, 1.807) is 24.4 Å². The molecule has 1 aromatic carbocycles. The maximum atomic E-state index is 11.3. The average molecular weight is 300 g/mol. The Hall–Kier alpha value is -1.52. The van der Waals surface area contributed by atoms with Crippen molar-refractivity contribution in [1.82, 2.24) is 4.98 Å². The Labute approximate surface area is 120 Å². The SMILES string of the molecule is O=C(COc1ccc(Cl)c2cccnc12)OCCCl. The molecule has 0 N–H and O–H groups in total. The zero-order valence-corrected chi connectivity index (χ0v) is 11.4. The molecule has 1 aromatic heterocycles. The van der Waals surface area contributed by atoms with Crippen LogP contribution in [0.4, 0.5) is 0 Å². The molecule has 0 aliphatic carbocycles. The van der Waals surface area contributed by atoms with Crippen LogP contribution in [0.5, 0.6) is 5.75 Å². The summed E-state index contributed by atoms with van der Waals surface area (Å²) < 4.78 is 10.2. The third-order valence-corrected chi connectivity index (χ3v) is 2.85. The Morgan fingerprint density at radius 2 is 2.16 bits per heavy atom. The molecule has 2 aromatic rings. The highest BCUT2D eigenvalue weighted by Gasteiger charge is 2.09. The Kier molecular flexibility index (Phi) is 4.82. The van der Waals surface area contributed by atoms with Gasteiger partial charge >= 0.3 is 5.97 Å². The van der Waals surface area contributed by atoms with E-state index < -0.39 is 5.97 Å². The summed E-state index contributed by atoms with van der Waals surface area (Å²) in [5, 5.41) is 1.36. The van der Waals surface area contributed by atoms with Crippen molar-refractivity contribution in [3.63, 3.8) is 0 Å². The number of halogens is 2. The second-order valence-electron chi connectivity index (χ2n) is 3.64. The van der Waals surface area contributed by atoms with Crippen molar-refractivity contribution < 1.29 is 14.3 Å². The van der Waals surface area contributed by atoms with Gasteiger partial charge in [-0.1, -0.05) is 11.6 Å². The molecule has 0 atom stereocenters. The molecular formula is C13H11Cl2NO3. The van der Waals surface area contributed by atoms with Crippen molar-refractivity contribution in [2.24, 2.45) is 0 Å². The lowest BCUT2D eigenvalue weighted by atomic mass is 10.2. The molecule has 2 rings (SSSR count). The number of alkyl halides is 1. The summed E-state index contributed by atoms with van der Waals surface area (Å²) in [6.07, 6.45) is 1.64. The fourth-order valence-electron chi connectivity index (χ4n) is 1.56. The Morgan fingerprint density at radius 1 is 1.32 bits per heavy atom. The molecule has 4 nitrogen and oxygen atoms in total. The molecule has 0 aliphatic rings. The number of carbonyl (C=O) groups is 1. The fraction of sp³-hybridized carbons (Fsp3) is 0.231. The standard InChI is InChI=1S/C13H11Cl2NO3/c14-5-7-18-12(17)8-19-11-4-3-10(15)9-2-1-6-16-13(9)11/h1-4,6H,5,7-8H2. The van der Waals surface area contributed by atoms with Crippen molar-refractivity contribution in [3.8, 4) is 5.75 Å². The van der Waals surface area contributed by atoms with Crippen LogP contribution in [0, 0.1) is 0 Å². The first-order chi connectivity index (χ1) is 9.22. The summed E-state index contributed by atoms with van der Waals surface area (Å²) in [4.78, 5) is 15.5. The number of fused-ring (bicyclic) bond motifs is 1. The third-order valence-electron chi connectivity index (χ3n) is 2.37. The lowest BCUT2D eigenvalue weighted by Gasteiger charge is -2.09. The Balaban J connectivity index is 2.13.